The Bertz CT molecular complexity index is 348. The van der Waals surface area contributed by atoms with Crippen LogP contribution in [0.3, 0.4) is 0 Å². The van der Waals surface area contributed by atoms with Crippen LogP contribution in [0.1, 0.15) is 45.2 Å². The molecule has 1 aromatic rings. The molecule has 4 heteroatoms. The fourth-order valence-electron chi connectivity index (χ4n) is 2.20. The maximum Gasteiger partial charge on any atom is 0.0561 e. The van der Waals surface area contributed by atoms with E-state index >= 15 is 0 Å². The van der Waals surface area contributed by atoms with Crippen molar-refractivity contribution in [3.63, 3.8) is 0 Å². The van der Waals surface area contributed by atoms with Gasteiger partial charge in [-0.3, -0.25) is 4.68 Å². The van der Waals surface area contributed by atoms with E-state index in [1.807, 2.05) is 10.9 Å². The Hall–Kier alpha value is -0.870. The van der Waals surface area contributed by atoms with Gasteiger partial charge in [0.05, 0.1) is 12.3 Å². The number of nitrogens with one attached hydrogen (secondary N) is 1. The van der Waals surface area contributed by atoms with Gasteiger partial charge in [-0.1, -0.05) is 0 Å². The van der Waals surface area contributed by atoms with E-state index in [4.69, 9.17) is 4.74 Å². The first kappa shape index (κ1) is 12.6. The van der Waals surface area contributed by atoms with Crippen molar-refractivity contribution in [2.75, 3.05) is 6.61 Å². The van der Waals surface area contributed by atoms with Crippen LogP contribution in [0.4, 0.5) is 0 Å². The van der Waals surface area contributed by atoms with E-state index < -0.39 is 0 Å². The first-order valence-electron chi connectivity index (χ1n) is 6.53. The summed E-state index contributed by atoms with van der Waals surface area (Å²) in [6.45, 7) is 8.22. The molecule has 1 fully saturated rings. The van der Waals surface area contributed by atoms with Gasteiger partial charge >= 0.3 is 0 Å². The van der Waals surface area contributed by atoms with Crippen molar-refractivity contribution in [3.05, 3.63) is 18.0 Å². The SMILES string of the molecule is CC1CC(NCc2cnn(C(C)C)c2)CCO1. The Morgan fingerprint density at radius 1 is 1.59 bits per heavy atom. The van der Waals surface area contributed by atoms with E-state index in [0.717, 1.165) is 26.0 Å². The van der Waals surface area contributed by atoms with Gasteiger partial charge in [0.25, 0.3) is 0 Å². The van der Waals surface area contributed by atoms with Crippen LogP contribution >= 0.6 is 0 Å². The van der Waals surface area contributed by atoms with Crippen molar-refractivity contribution in [1.82, 2.24) is 15.1 Å². The first-order valence-corrected chi connectivity index (χ1v) is 6.53. The molecule has 0 radical (unpaired) electrons. The van der Waals surface area contributed by atoms with E-state index in [2.05, 4.69) is 37.4 Å². The second kappa shape index (κ2) is 5.65. The van der Waals surface area contributed by atoms with Crippen LogP contribution < -0.4 is 5.32 Å². The maximum absolute atomic E-state index is 5.54. The summed E-state index contributed by atoms with van der Waals surface area (Å²) in [5, 5.41) is 7.93. The van der Waals surface area contributed by atoms with Crippen molar-refractivity contribution in [2.45, 2.75) is 58.3 Å². The van der Waals surface area contributed by atoms with E-state index in [1.165, 1.54) is 5.56 Å². The lowest BCUT2D eigenvalue weighted by atomic mass is 10.0. The standard InChI is InChI=1S/C13H23N3O/c1-10(2)16-9-12(8-15-16)7-14-13-4-5-17-11(3)6-13/h8-11,13-14H,4-7H2,1-3H3. The third-order valence-corrected chi connectivity index (χ3v) is 3.26. The van der Waals surface area contributed by atoms with E-state index in [0.29, 0.717) is 18.2 Å². The zero-order valence-corrected chi connectivity index (χ0v) is 11.0. The van der Waals surface area contributed by atoms with Gasteiger partial charge in [0.2, 0.25) is 0 Å². The second-order valence-electron chi connectivity index (χ2n) is 5.21. The molecule has 1 aromatic heterocycles. The Kier molecular flexibility index (Phi) is 4.18. The minimum absolute atomic E-state index is 0.389. The lowest BCUT2D eigenvalue weighted by Crippen LogP contribution is -2.37. The quantitative estimate of drug-likeness (QED) is 0.872. The minimum Gasteiger partial charge on any atom is -0.378 e. The molecule has 1 N–H and O–H groups in total. The summed E-state index contributed by atoms with van der Waals surface area (Å²) in [6, 6.07) is 1.02. The summed E-state index contributed by atoms with van der Waals surface area (Å²) >= 11 is 0. The highest BCUT2D eigenvalue weighted by Crippen LogP contribution is 2.14. The maximum atomic E-state index is 5.54. The van der Waals surface area contributed by atoms with E-state index in [9.17, 15) is 0 Å². The lowest BCUT2D eigenvalue weighted by Gasteiger charge is -2.27. The summed E-state index contributed by atoms with van der Waals surface area (Å²) in [6.07, 6.45) is 6.69. The number of hydrogen-bond acceptors (Lipinski definition) is 3. The molecular weight excluding hydrogens is 214 g/mol. The van der Waals surface area contributed by atoms with Gasteiger partial charge in [0, 0.05) is 37.0 Å². The number of nitrogens with zero attached hydrogens (tertiary/aromatic N) is 2. The fourth-order valence-corrected chi connectivity index (χ4v) is 2.20. The molecule has 96 valence electrons. The molecule has 2 rings (SSSR count). The highest BCUT2D eigenvalue weighted by atomic mass is 16.5. The molecule has 0 spiro atoms. The molecule has 0 saturated carbocycles. The Labute approximate surface area is 103 Å². The van der Waals surface area contributed by atoms with Crippen LogP contribution in [-0.2, 0) is 11.3 Å². The van der Waals surface area contributed by atoms with Gasteiger partial charge in [-0.2, -0.15) is 5.10 Å². The zero-order chi connectivity index (χ0) is 12.3. The van der Waals surface area contributed by atoms with Crippen LogP contribution in [0.5, 0.6) is 0 Å². The number of hydrogen-bond donors (Lipinski definition) is 1. The topological polar surface area (TPSA) is 39.1 Å². The number of aromatic nitrogens is 2. The van der Waals surface area contributed by atoms with E-state index in [-0.39, 0.29) is 0 Å². The normalized spacial score (nSPS) is 25.4. The monoisotopic (exact) mass is 237 g/mol. The number of ether oxygens (including phenoxy) is 1. The van der Waals surface area contributed by atoms with Crippen molar-refractivity contribution >= 4 is 0 Å². The van der Waals surface area contributed by atoms with Gasteiger partial charge in [0.15, 0.2) is 0 Å². The first-order chi connectivity index (χ1) is 8.15. The fraction of sp³-hybridized carbons (Fsp3) is 0.769. The van der Waals surface area contributed by atoms with Crippen molar-refractivity contribution in [2.24, 2.45) is 0 Å². The molecule has 1 aliphatic heterocycles. The third-order valence-electron chi connectivity index (χ3n) is 3.26. The molecule has 0 aromatic carbocycles. The summed E-state index contributed by atoms with van der Waals surface area (Å²) in [5.41, 5.74) is 1.26. The lowest BCUT2D eigenvalue weighted by molar-refractivity contribution is 0.0130. The molecule has 0 aliphatic carbocycles. The molecule has 0 amide bonds. The molecule has 0 bridgehead atoms. The number of rotatable bonds is 4. The van der Waals surface area contributed by atoms with Crippen LogP contribution in [0.2, 0.25) is 0 Å². The van der Waals surface area contributed by atoms with Crippen molar-refractivity contribution in [1.29, 1.82) is 0 Å². The summed E-state index contributed by atoms with van der Waals surface area (Å²) in [4.78, 5) is 0. The Morgan fingerprint density at radius 2 is 2.41 bits per heavy atom. The third kappa shape index (κ3) is 3.54. The predicted molar refractivity (Wildman–Crippen MR) is 67.9 cm³/mol. The second-order valence-corrected chi connectivity index (χ2v) is 5.21. The van der Waals surface area contributed by atoms with Gasteiger partial charge in [0.1, 0.15) is 0 Å². The van der Waals surface area contributed by atoms with Crippen molar-refractivity contribution in [3.8, 4) is 0 Å². The molecule has 2 atom stereocenters. The average molecular weight is 237 g/mol. The smallest absolute Gasteiger partial charge is 0.0561 e. The largest absolute Gasteiger partial charge is 0.378 e. The van der Waals surface area contributed by atoms with E-state index in [1.54, 1.807) is 0 Å². The Morgan fingerprint density at radius 3 is 3.06 bits per heavy atom. The summed E-state index contributed by atoms with van der Waals surface area (Å²) < 4.78 is 7.54. The molecule has 17 heavy (non-hydrogen) atoms. The summed E-state index contributed by atoms with van der Waals surface area (Å²) in [7, 11) is 0. The summed E-state index contributed by atoms with van der Waals surface area (Å²) in [5.74, 6) is 0. The predicted octanol–water partition coefficient (Wildman–Crippen LogP) is 2.12. The van der Waals surface area contributed by atoms with Crippen LogP contribution in [0.15, 0.2) is 12.4 Å². The molecule has 2 heterocycles. The average Bonchev–Trinajstić information content (AvgIpc) is 2.75. The van der Waals surface area contributed by atoms with Crippen LogP contribution in [-0.4, -0.2) is 28.5 Å². The van der Waals surface area contributed by atoms with Crippen LogP contribution in [0.25, 0.3) is 0 Å². The Balaban J connectivity index is 1.80. The zero-order valence-electron chi connectivity index (χ0n) is 11.0. The minimum atomic E-state index is 0.389. The highest BCUT2D eigenvalue weighted by molar-refractivity contribution is 5.04. The molecular formula is C13H23N3O. The van der Waals surface area contributed by atoms with Gasteiger partial charge < -0.3 is 10.1 Å². The van der Waals surface area contributed by atoms with Crippen LogP contribution in [0, 0.1) is 0 Å². The van der Waals surface area contributed by atoms with Gasteiger partial charge in [-0.25, -0.2) is 0 Å². The molecule has 2 unspecified atom stereocenters. The van der Waals surface area contributed by atoms with Gasteiger partial charge in [-0.05, 0) is 33.6 Å². The molecule has 1 saturated heterocycles. The molecule has 4 nitrogen and oxygen atoms in total. The van der Waals surface area contributed by atoms with Crippen molar-refractivity contribution < 1.29 is 4.74 Å². The molecule has 1 aliphatic rings. The van der Waals surface area contributed by atoms with Gasteiger partial charge in [-0.15, -0.1) is 0 Å². The highest BCUT2D eigenvalue weighted by Gasteiger charge is 2.18.